The van der Waals surface area contributed by atoms with Crippen molar-refractivity contribution in [3.63, 3.8) is 0 Å². The number of hydrogen-bond acceptors (Lipinski definition) is 2. The number of nitrogens with one attached hydrogen (secondary N) is 1. The van der Waals surface area contributed by atoms with Gasteiger partial charge in [-0.25, -0.2) is 0 Å². The van der Waals surface area contributed by atoms with Crippen LogP contribution >= 0.6 is 0 Å². The van der Waals surface area contributed by atoms with E-state index in [2.05, 4.69) is 16.4 Å². The minimum atomic E-state index is 0.0483. The van der Waals surface area contributed by atoms with E-state index in [1.807, 2.05) is 32.2 Å². The van der Waals surface area contributed by atoms with Crippen molar-refractivity contribution in [2.75, 3.05) is 6.54 Å². The summed E-state index contributed by atoms with van der Waals surface area (Å²) in [7, 11) is 0. The lowest BCUT2D eigenvalue weighted by Crippen LogP contribution is -2.41. The summed E-state index contributed by atoms with van der Waals surface area (Å²) in [5.74, 6) is 0.185. The van der Waals surface area contributed by atoms with Gasteiger partial charge in [-0.3, -0.25) is 9.78 Å². The average Bonchev–Trinajstić information content (AvgIpc) is 2.87. The second-order valence-electron chi connectivity index (χ2n) is 5.57. The molecule has 0 atom stereocenters. The van der Waals surface area contributed by atoms with Crippen LogP contribution in [-0.2, 0) is 10.2 Å². The molecule has 1 aromatic rings. The van der Waals surface area contributed by atoms with Crippen molar-refractivity contribution in [2.45, 2.75) is 44.9 Å². The minimum absolute atomic E-state index is 0.0483. The first-order chi connectivity index (χ1) is 8.64. The summed E-state index contributed by atoms with van der Waals surface area (Å²) < 4.78 is 0. The van der Waals surface area contributed by atoms with E-state index in [0.717, 1.165) is 25.1 Å². The van der Waals surface area contributed by atoms with E-state index < -0.39 is 0 Å². The molecule has 1 amide bonds. The second-order valence-corrected chi connectivity index (χ2v) is 5.57. The van der Waals surface area contributed by atoms with E-state index in [4.69, 9.17) is 0 Å². The van der Waals surface area contributed by atoms with Crippen LogP contribution in [-0.4, -0.2) is 17.4 Å². The first kappa shape index (κ1) is 13.1. The molecule has 1 N–H and O–H groups in total. The molecule has 1 aliphatic carbocycles. The van der Waals surface area contributed by atoms with Crippen LogP contribution in [0.25, 0.3) is 0 Å². The zero-order chi connectivity index (χ0) is 13.0. The molecule has 1 aliphatic rings. The van der Waals surface area contributed by atoms with Crippen LogP contribution in [0.3, 0.4) is 0 Å². The predicted molar refractivity (Wildman–Crippen MR) is 72.2 cm³/mol. The summed E-state index contributed by atoms with van der Waals surface area (Å²) >= 11 is 0. The van der Waals surface area contributed by atoms with Gasteiger partial charge in [-0.15, -0.1) is 0 Å². The van der Waals surface area contributed by atoms with Gasteiger partial charge < -0.3 is 5.32 Å². The third-order valence-electron chi connectivity index (χ3n) is 3.89. The minimum Gasteiger partial charge on any atom is -0.355 e. The molecule has 0 aromatic carbocycles. The lowest BCUT2D eigenvalue weighted by molar-refractivity contribution is -0.124. The monoisotopic (exact) mass is 246 g/mol. The van der Waals surface area contributed by atoms with Crippen LogP contribution in [0.4, 0.5) is 0 Å². The highest BCUT2D eigenvalue weighted by molar-refractivity contribution is 5.77. The van der Waals surface area contributed by atoms with Gasteiger partial charge >= 0.3 is 0 Å². The molecule has 0 spiro atoms. The summed E-state index contributed by atoms with van der Waals surface area (Å²) in [6, 6.07) is 6.07. The molecule has 1 saturated carbocycles. The SMILES string of the molecule is CC(C)C(=O)NCC1(c2ccccn2)CCCC1. The lowest BCUT2D eigenvalue weighted by Gasteiger charge is -2.29. The van der Waals surface area contributed by atoms with Crippen LogP contribution in [0.5, 0.6) is 0 Å². The van der Waals surface area contributed by atoms with Crippen LogP contribution < -0.4 is 5.32 Å². The highest BCUT2D eigenvalue weighted by atomic mass is 16.1. The maximum atomic E-state index is 11.7. The first-order valence-corrected chi connectivity index (χ1v) is 6.83. The fourth-order valence-electron chi connectivity index (χ4n) is 2.71. The number of aromatic nitrogens is 1. The third-order valence-corrected chi connectivity index (χ3v) is 3.89. The standard InChI is InChI=1S/C15H22N2O/c1-12(2)14(18)17-11-15(8-4-5-9-15)13-7-3-6-10-16-13/h3,6-7,10,12H,4-5,8-9,11H2,1-2H3,(H,17,18). The zero-order valence-corrected chi connectivity index (χ0v) is 11.3. The number of amides is 1. The Morgan fingerprint density at radius 2 is 2.11 bits per heavy atom. The molecule has 3 nitrogen and oxygen atoms in total. The maximum Gasteiger partial charge on any atom is 0.222 e. The Hall–Kier alpha value is -1.38. The van der Waals surface area contributed by atoms with Gasteiger partial charge in [0.2, 0.25) is 5.91 Å². The number of pyridine rings is 1. The van der Waals surface area contributed by atoms with Gasteiger partial charge in [-0.1, -0.05) is 32.8 Å². The predicted octanol–water partition coefficient (Wildman–Crippen LogP) is 2.67. The number of nitrogens with zero attached hydrogens (tertiary/aromatic N) is 1. The molecule has 1 aromatic heterocycles. The second kappa shape index (κ2) is 5.51. The van der Waals surface area contributed by atoms with Crippen molar-refractivity contribution in [2.24, 2.45) is 5.92 Å². The van der Waals surface area contributed by atoms with Crippen LogP contribution in [0, 0.1) is 5.92 Å². The molecule has 2 rings (SSSR count). The average molecular weight is 246 g/mol. The van der Waals surface area contributed by atoms with E-state index in [9.17, 15) is 4.79 Å². The van der Waals surface area contributed by atoms with E-state index in [0.29, 0.717) is 0 Å². The summed E-state index contributed by atoms with van der Waals surface area (Å²) in [5, 5.41) is 3.08. The van der Waals surface area contributed by atoms with Gasteiger partial charge in [-0.05, 0) is 25.0 Å². The van der Waals surface area contributed by atoms with Crippen molar-refractivity contribution >= 4 is 5.91 Å². The molecule has 0 saturated heterocycles. The quantitative estimate of drug-likeness (QED) is 0.887. The first-order valence-electron chi connectivity index (χ1n) is 6.83. The highest BCUT2D eigenvalue weighted by Gasteiger charge is 2.37. The Morgan fingerprint density at radius 3 is 2.67 bits per heavy atom. The number of hydrogen-bond donors (Lipinski definition) is 1. The van der Waals surface area contributed by atoms with Crippen LogP contribution in [0.2, 0.25) is 0 Å². The molecule has 1 heterocycles. The summed E-state index contributed by atoms with van der Waals surface area (Å²) in [5.41, 5.74) is 1.19. The third kappa shape index (κ3) is 2.71. The summed E-state index contributed by atoms with van der Waals surface area (Å²) in [6.45, 7) is 4.58. The van der Waals surface area contributed by atoms with Crippen molar-refractivity contribution in [1.29, 1.82) is 0 Å². The van der Waals surface area contributed by atoms with Crippen molar-refractivity contribution < 1.29 is 4.79 Å². The fourth-order valence-corrected chi connectivity index (χ4v) is 2.71. The molecule has 3 heteroatoms. The topological polar surface area (TPSA) is 42.0 Å². The van der Waals surface area contributed by atoms with Crippen molar-refractivity contribution in [3.8, 4) is 0 Å². The molecule has 98 valence electrons. The Bertz CT molecular complexity index is 394. The number of carbonyl (C=O) groups is 1. The summed E-state index contributed by atoms with van der Waals surface area (Å²) in [6.07, 6.45) is 6.56. The number of carbonyl (C=O) groups excluding carboxylic acids is 1. The molecule has 0 unspecified atom stereocenters. The lowest BCUT2D eigenvalue weighted by atomic mass is 9.82. The highest BCUT2D eigenvalue weighted by Crippen LogP contribution is 2.39. The normalized spacial score (nSPS) is 17.9. The van der Waals surface area contributed by atoms with Gasteiger partial charge in [0, 0.05) is 29.8 Å². The molecule has 1 fully saturated rings. The zero-order valence-electron chi connectivity index (χ0n) is 11.3. The molecule has 0 radical (unpaired) electrons. The van der Waals surface area contributed by atoms with Gasteiger partial charge in [0.05, 0.1) is 0 Å². The van der Waals surface area contributed by atoms with E-state index in [-0.39, 0.29) is 17.2 Å². The molecule has 0 bridgehead atoms. The molecule has 0 aliphatic heterocycles. The molecular weight excluding hydrogens is 224 g/mol. The Balaban J connectivity index is 2.11. The van der Waals surface area contributed by atoms with Gasteiger partial charge in [-0.2, -0.15) is 0 Å². The Morgan fingerprint density at radius 1 is 1.39 bits per heavy atom. The molecular formula is C15H22N2O. The largest absolute Gasteiger partial charge is 0.355 e. The maximum absolute atomic E-state index is 11.7. The van der Waals surface area contributed by atoms with Crippen LogP contribution in [0.15, 0.2) is 24.4 Å². The Labute approximate surface area is 109 Å². The van der Waals surface area contributed by atoms with E-state index in [1.54, 1.807) is 0 Å². The van der Waals surface area contributed by atoms with Gasteiger partial charge in [0.1, 0.15) is 0 Å². The smallest absolute Gasteiger partial charge is 0.222 e. The van der Waals surface area contributed by atoms with Crippen molar-refractivity contribution in [1.82, 2.24) is 10.3 Å². The fraction of sp³-hybridized carbons (Fsp3) is 0.600. The van der Waals surface area contributed by atoms with Crippen molar-refractivity contribution in [3.05, 3.63) is 30.1 Å². The Kier molecular flexibility index (Phi) is 4.00. The van der Waals surface area contributed by atoms with E-state index in [1.165, 1.54) is 12.8 Å². The van der Waals surface area contributed by atoms with E-state index >= 15 is 0 Å². The molecule has 18 heavy (non-hydrogen) atoms. The van der Waals surface area contributed by atoms with Gasteiger partial charge in [0.25, 0.3) is 0 Å². The number of rotatable bonds is 4. The summed E-state index contributed by atoms with van der Waals surface area (Å²) in [4.78, 5) is 16.2. The van der Waals surface area contributed by atoms with Crippen LogP contribution in [0.1, 0.15) is 45.2 Å². The van der Waals surface area contributed by atoms with Gasteiger partial charge in [0.15, 0.2) is 0 Å².